The van der Waals surface area contributed by atoms with Crippen LogP contribution >= 0.6 is 0 Å². The number of nitrogens with one attached hydrogen (secondary N) is 1. The van der Waals surface area contributed by atoms with Crippen LogP contribution in [-0.2, 0) is 4.74 Å². The highest BCUT2D eigenvalue weighted by Gasteiger charge is 2.29. The average Bonchev–Trinajstić information content (AvgIpc) is 2.58. The number of ether oxygens (including phenoxy) is 2. The lowest BCUT2D eigenvalue weighted by atomic mass is 10.1. The van der Waals surface area contributed by atoms with Gasteiger partial charge in [0.05, 0.1) is 25.5 Å². The van der Waals surface area contributed by atoms with E-state index in [4.69, 9.17) is 9.47 Å². The standard InChI is InChI=1S/C18H22N4O3/c1-11-4-5-14(9-19-11)25-17-6-7-24-10-16(17)22-18(23)15-8-12(2)20-13(3)21-15/h4-5,8-9,16-17H,6-7,10H2,1-3H3,(H,22,23)/t16-,17+/m1/s1. The number of carbonyl (C=O) groups excluding carboxylic acids is 1. The molecule has 1 fully saturated rings. The van der Waals surface area contributed by atoms with Gasteiger partial charge >= 0.3 is 0 Å². The smallest absolute Gasteiger partial charge is 0.270 e. The second-order valence-electron chi connectivity index (χ2n) is 6.18. The lowest BCUT2D eigenvalue weighted by Gasteiger charge is -2.32. The van der Waals surface area contributed by atoms with E-state index in [2.05, 4.69) is 20.3 Å². The van der Waals surface area contributed by atoms with Crippen LogP contribution in [0.2, 0.25) is 0 Å². The van der Waals surface area contributed by atoms with E-state index in [0.717, 1.165) is 11.4 Å². The molecule has 2 aromatic rings. The monoisotopic (exact) mass is 342 g/mol. The van der Waals surface area contributed by atoms with Crippen molar-refractivity contribution in [3.63, 3.8) is 0 Å². The molecule has 1 saturated heterocycles. The summed E-state index contributed by atoms with van der Waals surface area (Å²) in [4.78, 5) is 25.2. The molecule has 0 spiro atoms. The van der Waals surface area contributed by atoms with E-state index in [-0.39, 0.29) is 18.1 Å². The minimum atomic E-state index is -0.252. The molecule has 132 valence electrons. The van der Waals surface area contributed by atoms with Gasteiger partial charge in [0.1, 0.15) is 23.4 Å². The Labute approximate surface area is 146 Å². The molecule has 0 unspecified atom stereocenters. The number of amides is 1. The number of carbonyl (C=O) groups is 1. The van der Waals surface area contributed by atoms with Crippen molar-refractivity contribution < 1.29 is 14.3 Å². The first-order valence-electron chi connectivity index (χ1n) is 8.31. The second kappa shape index (κ2) is 7.57. The Hall–Kier alpha value is -2.54. The van der Waals surface area contributed by atoms with Crippen LogP contribution in [-0.4, -0.2) is 46.2 Å². The van der Waals surface area contributed by atoms with Crippen LogP contribution in [0, 0.1) is 20.8 Å². The van der Waals surface area contributed by atoms with Gasteiger partial charge in [-0.1, -0.05) is 0 Å². The van der Waals surface area contributed by atoms with Gasteiger partial charge in [-0.3, -0.25) is 9.78 Å². The zero-order valence-electron chi connectivity index (χ0n) is 14.7. The Balaban J connectivity index is 1.70. The second-order valence-corrected chi connectivity index (χ2v) is 6.18. The van der Waals surface area contributed by atoms with Gasteiger partial charge in [0.2, 0.25) is 0 Å². The van der Waals surface area contributed by atoms with Gasteiger partial charge in [0.15, 0.2) is 0 Å². The Bertz CT molecular complexity index is 728. The molecule has 7 nitrogen and oxygen atoms in total. The van der Waals surface area contributed by atoms with E-state index in [1.807, 2.05) is 26.0 Å². The van der Waals surface area contributed by atoms with Crippen molar-refractivity contribution in [2.75, 3.05) is 13.2 Å². The molecule has 0 saturated carbocycles. The summed E-state index contributed by atoms with van der Waals surface area (Å²) < 4.78 is 11.5. The largest absolute Gasteiger partial charge is 0.486 e. The number of aryl methyl sites for hydroxylation is 3. The van der Waals surface area contributed by atoms with Crippen molar-refractivity contribution in [1.82, 2.24) is 20.3 Å². The highest BCUT2D eigenvalue weighted by molar-refractivity contribution is 5.92. The van der Waals surface area contributed by atoms with Crippen LogP contribution in [0.1, 0.15) is 34.1 Å². The maximum absolute atomic E-state index is 12.5. The molecule has 0 aromatic carbocycles. The zero-order valence-corrected chi connectivity index (χ0v) is 14.7. The molecule has 25 heavy (non-hydrogen) atoms. The fraction of sp³-hybridized carbons (Fsp3) is 0.444. The maximum Gasteiger partial charge on any atom is 0.270 e. The van der Waals surface area contributed by atoms with Crippen molar-refractivity contribution in [3.05, 3.63) is 47.3 Å². The molecule has 0 bridgehead atoms. The van der Waals surface area contributed by atoms with E-state index in [9.17, 15) is 4.79 Å². The Morgan fingerprint density at radius 2 is 2.08 bits per heavy atom. The van der Waals surface area contributed by atoms with Crippen molar-refractivity contribution in [2.45, 2.75) is 39.3 Å². The third-order valence-corrected chi connectivity index (χ3v) is 3.98. The van der Waals surface area contributed by atoms with Crippen LogP contribution in [0.25, 0.3) is 0 Å². The predicted molar refractivity (Wildman–Crippen MR) is 91.6 cm³/mol. The Kier molecular flexibility index (Phi) is 5.23. The SMILES string of the molecule is Cc1ccc(O[C@H]2CCOC[C@H]2NC(=O)c2cc(C)nc(C)n2)cn1. The van der Waals surface area contributed by atoms with Crippen LogP contribution in [0.5, 0.6) is 5.75 Å². The van der Waals surface area contributed by atoms with E-state index in [0.29, 0.717) is 36.9 Å². The molecule has 1 aliphatic heterocycles. The van der Waals surface area contributed by atoms with Crippen molar-refractivity contribution >= 4 is 5.91 Å². The van der Waals surface area contributed by atoms with Crippen LogP contribution in [0.15, 0.2) is 24.4 Å². The summed E-state index contributed by atoms with van der Waals surface area (Å²) in [6.45, 7) is 6.53. The van der Waals surface area contributed by atoms with Crippen molar-refractivity contribution in [1.29, 1.82) is 0 Å². The molecule has 7 heteroatoms. The van der Waals surface area contributed by atoms with Gasteiger partial charge in [-0.25, -0.2) is 9.97 Å². The summed E-state index contributed by atoms with van der Waals surface area (Å²) in [5.74, 6) is 1.01. The average molecular weight is 342 g/mol. The molecular weight excluding hydrogens is 320 g/mol. The summed E-state index contributed by atoms with van der Waals surface area (Å²) in [6.07, 6.45) is 2.22. The van der Waals surface area contributed by atoms with Gasteiger partial charge in [-0.2, -0.15) is 0 Å². The number of nitrogens with zero attached hydrogens (tertiary/aromatic N) is 3. The number of pyridine rings is 1. The normalized spacial score (nSPS) is 20.1. The van der Waals surface area contributed by atoms with Crippen molar-refractivity contribution in [3.8, 4) is 5.75 Å². The minimum Gasteiger partial charge on any atom is -0.486 e. The molecule has 2 atom stereocenters. The molecule has 1 aliphatic rings. The maximum atomic E-state index is 12.5. The highest BCUT2D eigenvalue weighted by atomic mass is 16.5. The number of hydrogen-bond donors (Lipinski definition) is 1. The molecule has 3 rings (SSSR count). The first kappa shape index (κ1) is 17.3. The fourth-order valence-corrected chi connectivity index (χ4v) is 2.77. The lowest BCUT2D eigenvalue weighted by Crippen LogP contribution is -2.52. The Morgan fingerprint density at radius 1 is 1.24 bits per heavy atom. The van der Waals surface area contributed by atoms with Crippen LogP contribution in [0.3, 0.4) is 0 Å². The van der Waals surface area contributed by atoms with E-state index < -0.39 is 0 Å². The summed E-state index contributed by atoms with van der Waals surface area (Å²) >= 11 is 0. The molecular formula is C18H22N4O3. The first-order chi connectivity index (χ1) is 12.0. The summed E-state index contributed by atoms with van der Waals surface area (Å²) in [6, 6.07) is 5.20. The quantitative estimate of drug-likeness (QED) is 0.911. The van der Waals surface area contributed by atoms with Crippen LogP contribution < -0.4 is 10.1 Å². The topological polar surface area (TPSA) is 86.2 Å². The van der Waals surface area contributed by atoms with Gasteiger partial charge in [-0.15, -0.1) is 0 Å². The van der Waals surface area contributed by atoms with Gasteiger partial charge in [0, 0.05) is 17.8 Å². The molecule has 1 amide bonds. The number of aromatic nitrogens is 3. The fourth-order valence-electron chi connectivity index (χ4n) is 2.77. The first-order valence-corrected chi connectivity index (χ1v) is 8.31. The van der Waals surface area contributed by atoms with E-state index in [1.54, 1.807) is 19.2 Å². The lowest BCUT2D eigenvalue weighted by molar-refractivity contribution is -0.00308. The summed E-state index contributed by atoms with van der Waals surface area (Å²) in [5.41, 5.74) is 2.04. The van der Waals surface area contributed by atoms with E-state index in [1.165, 1.54) is 0 Å². The number of hydrogen-bond acceptors (Lipinski definition) is 6. The minimum absolute atomic E-state index is 0.175. The van der Waals surface area contributed by atoms with E-state index >= 15 is 0 Å². The van der Waals surface area contributed by atoms with Gasteiger partial charge in [0.25, 0.3) is 5.91 Å². The number of rotatable bonds is 4. The third-order valence-electron chi connectivity index (χ3n) is 3.98. The highest BCUT2D eigenvalue weighted by Crippen LogP contribution is 2.18. The van der Waals surface area contributed by atoms with Gasteiger partial charge < -0.3 is 14.8 Å². The Morgan fingerprint density at radius 3 is 2.80 bits per heavy atom. The molecule has 1 N–H and O–H groups in total. The third kappa shape index (κ3) is 4.51. The molecule has 2 aromatic heterocycles. The molecule has 0 aliphatic carbocycles. The summed E-state index contributed by atoms with van der Waals surface area (Å²) in [5, 5.41) is 2.97. The van der Waals surface area contributed by atoms with Gasteiger partial charge in [-0.05, 0) is 39.0 Å². The van der Waals surface area contributed by atoms with Crippen LogP contribution in [0.4, 0.5) is 0 Å². The summed E-state index contributed by atoms with van der Waals surface area (Å²) in [7, 11) is 0. The zero-order chi connectivity index (χ0) is 17.8. The molecule has 3 heterocycles. The van der Waals surface area contributed by atoms with Crippen molar-refractivity contribution in [2.24, 2.45) is 0 Å². The molecule has 0 radical (unpaired) electrons. The predicted octanol–water partition coefficient (Wildman–Crippen LogP) is 1.76.